The zero-order valence-corrected chi connectivity index (χ0v) is 17.5. The molecule has 0 saturated heterocycles. The van der Waals surface area contributed by atoms with Crippen LogP contribution in [0.15, 0.2) is 82.8 Å². The van der Waals surface area contributed by atoms with Gasteiger partial charge in [0.2, 0.25) is 0 Å². The van der Waals surface area contributed by atoms with E-state index in [4.69, 9.17) is 21.9 Å². The minimum absolute atomic E-state index is 0.212. The van der Waals surface area contributed by atoms with Crippen LogP contribution in [-0.2, 0) is 6.61 Å². The van der Waals surface area contributed by atoms with Gasteiger partial charge in [-0.3, -0.25) is 9.59 Å². The molecule has 3 aromatic carbocycles. The normalized spacial score (nSPS) is 11.0. The minimum Gasteiger partial charge on any atom is -0.489 e. The van der Waals surface area contributed by atoms with Crippen LogP contribution in [0.5, 0.6) is 5.75 Å². The van der Waals surface area contributed by atoms with Crippen LogP contribution in [0.1, 0.15) is 33.2 Å². The molecule has 8 heteroatoms. The zero-order chi connectivity index (χ0) is 23.1. The summed E-state index contributed by atoms with van der Waals surface area (Å²) in [6.07, 6.45) is 0. The van der Waals surface area contributed by atoms with Crippen molar-refractivity contribution in [3.8, 4) is 16.9 Å². The molecule has 0 aliphatic heterocycles. The fraction of sp³-hybridized carbons (Fsp3) is 0.0833. The molecular formula is C24H23N5O3. The van der Waals surface area contributed by atoms with Crippen molar-refractivity contribution in [2.75, 3.05) is 0 Å². The van der Waals surface area contributed by atoms with Gasteiger partial charge in [0.15, 0.2) is 5.96 Å². The molecule has 3 rings (SSSR count). The van der Waals surface area contributed by atoms with E-state index in [0.29, 0.717) is 16.9 Å². The van der Waals surface area contributed by atoms with Crippen LogP contribution in [0.25, 0.3) is 11.1 Å². The van der Waals surface area contributed by atoms with E-state index in [1.807, 2.05) is 30.3 Å². The van der Waals surface area contributed by atoms with Crippen LogP contribution in [-0.4, -0.2) is 23.6 Å². The lowest BCUT2D eigenvalue weighted by Gasteiger charge is -2.09. The summed E-state index contributed by atoms with van der Waals surface area (Å²) in [7, 11) is 0. The topological polar surface area (TPSA) is 146 Å². The molecule has 3 aromatic rings. The van der Waals surface area contributed by atoms with Crippen molar-refractivity contribution in [2.45, 2.75) is 13.5 Å². The molecule has 8 nitrogen and oxygen atoms in total. The molecule has 0 aliphatic rings. The summed E-state index contributed by atoms with van der Waals surface area (Å²) in [5.74, 6) is -0.505. The van der Waals surface area contributed by atoms with Gasteiger partial charge in [0, 0.05) is 11.1 Å². The number of ether oxygens (including phenoxy) is 1. The highest BCUT2D eigenvalue weighted by Crippen LogP contribution is 2.23. The highest BCUT2D eigenvalue weighted by Gasteiger charge is 2.08. The van der Waals surface area contributed by atoms with Crippen LogP contribution in [0, 0.1) is 0 Å². The molecule has 0 bridgehead atoms. The predicted molar refractivity (Wildman–Crippen MR) is 124 cm³/mol. The number of amides is 2. The molecule has 162 valence electrons. The average Bonchev–Trinajstić information content (AvgIpc) is 2.77. The van der Waals surface area contributed by atoms with Gasteiger partial charge in [0.05, 0.1) is 0 Å². The van der Waals surface area contributed by atoms with Crippen LogP contribution in [0.3, 0.4) is 0 Å². The Hall–Kier alpha value is -4.46. The average molecular weight is 429 g/mol. The number of aliphatic imine (C=N–C) groups is 2. The number of rotatable bonds is 6. The first-order valence-corrected chi connectivity index (χ1v) is 9.73. The summed E-state index contributed by atoms with van der Waals surface area (Å²) in [6.45, 7) is 1.85. The Morgan fingerprint density at radius 2 is 1.38 bits per heavy atom. The first-order valence-electron chi connectivity index (χ1n) is 9.73. The van der Waals surface area contributed by atoms with E-state index in [1.165, 1.54) is 0 Å². The Morgan fingerprint density at radius 1 is 0.781 bits per heavy atom. The van der Waals surface area contributed by atoms with Crippen molar-refractivity contribution in [3.05, 3.63) is 89.5 Å². The number of guanidine groups is 1. The second-order valence-electron chi connectivity index (χ2n) is 7.00. The van der Waals surface area contributed by atoms with Gasteiger partial charge in [-0.05, 0) is 60.0 Å². The Morgan fingerprint density at radius 3 is 2.06 bits per heavy atom. The maximum Gasteiger partial charge on any atom is 0.280 e. The lowest BCUT2D eigenvalue weighted by molar-refractivity contribution is 0.0994. The van der Waals surface area contributed by atoms with Crippen molar-refractivity contribution in [1.82, 2.24) is 0 Å². The first-order chi connectivity index (χ1) is 15.3. The minimum atomic E-state index is -0.541. The number of amidine groups is 1. The van der Waals surface area contributed by atoms with Gasteiger partial charge in [-0.15, -0.1) is 0 Å². The Kier molecular flexibility index (Phi) is 6.97. The standard InChI is InChI=1S/C24H23N5O3/c1-15(25)28-22(30)19-8-3-7-18(12-19)17-6-2-5-16(11-17)14-32-21-10-4-9-20(13-21)23(31)29-24(26)27/h2-13H,14H2,1H3,(H2,25,28,30)(H4,26,27,29,31). The molecule has 32 heavy (non-hydrogen) atoms. The summed E-state index contributed by atoms with van der Waals surface area (Å²) >= 11 is 0. The molecule has 2 amide bonds. The summed E-state index contributed by atoms with van der Waals surface area (Å²) in [6, 6.07) is 21.5. The maximum atomic E-state index is 12.2. The number of hydrogen-bond acceptors (Lipinski definition) is 3. The Balaban J connectivity index is 1.76. The number of hydrogen-bond donors (Lipinski definition) is 3. The van der Waals surface area contributed by atoms with Crippen molar-refractivity contribution in [2.24, 2.45) is 27.2 Å². The Bertz CT molecular complexity index is 1210. The molecule has 0 fully saturated rings. The van der Waals surface area contributed by atoms with Crippen LogP contribution >= 0.6 is 0 Å². The van der Waals surface area contributed by atoms with Gasteiger partial charge in [0.25, 0.3) is 11.8 Å². The monoisotopic (exact) mass is 429 g/mol. The fourth-order valence-corrected chi connectivity index (χ4v) is 2.96. The second kappa shape index (κ2) is 10.0. The zero-order valence-electron chi connectivity index (χ0n) is 17.5. The highest BCUT2D eigenvalue weighted by molar-refractivity contribution is 6.03. The molecule has 0 aliphatic carbocycles. The van der Waals surface area contributed by atoms with Crippen LogP contribution in [0.4, 0.5) is 0 Å². The van der Waals surface area contributed by atoms with Crippen molar-refractivity contribution < 1.29 is 14.3 Å². The molecule has 0 heterocycles. The van der Waals surface area contributed by atoms with Gasteiger partial charge in [-0.25, -0.2) is 0 Å². The SMILES string of the molecule is CC(N)=NC(=O)c1cccc(-c2cccc(COc3cccc(C(=O)N=C(N)N)c3)c2)c1. The maximum absolute atomic E-state index is 12.2. The summed E-state index contributed by atoms with van der Waals surface area (Å²) < 4.78 is 5.84. The number of carbonyl (C=O) groups excluding carboxylic acids is 2. The molecule has 0 atom stereocenters. The van der Waals surface area contributed by atoms with Gasteiger partial charge < -0.3 is 21.9 Å². The van der Waals surface area contributed by atoms with Gasteiger partial charge in [-0.1, -0.05) is 36.4 Å². The van der Waals surface area contributed by atoms with Gasteiger partial charge in [-0.2, -0.15) is 9.98 Å². The van der Waals surface area contributed by atoms with E-state index >= 15 is 0 Å². The van der Waals surface area contributed by atoms with E-state index in [9.17, 15) is 9.59 Å². The largest absolute Gasteiger partial charge is 0.489 e. The number of nitrogens with zero attached hydrogens (tertiary/aromatic N) is 2. The quantitative estimate of drug-likeness (QED) is 0.406. The molecule has 0 aromatic heterocycles. The lowest BCUT2D eigenvalue weighted by atomic mass is 10.0. The van der Waals surface area contributed by atoms with Gasteiger partial charge in [0.1, 0.15) is 18.2 Å². The second-order valence-corrected chi connectivity index (χ2v) is 7.00. The molecule has 0 saturated carbocycles. The van der Waals surface area contributed by atoms with E-state index < -0.39 is 5.91 Å². The van der Waals surface area contributed by atoms with Gasteiger partial charge >= 0.3 is 0 Å². The molecular weight excluding hydrogens is 406 g/mol. The lowest BCUT2D eigenvalue weighted by Crippen LogP contribution is -2.24. The summed E-state index contributed by atoms with van der Waals surface area (Å²) in [5, 5.41) is 0. The third-order valence-corrected chi connectivity index (χ3v) is 4.36. The van der Waals surface area contributed by atoms with E-state index in [-0.39, 0.29) is 24.3 Å². The van der Waals surface area contributed by atoms with E-state index in [2.05, 4.69) is 9.98 Å². The van der Waals surface area contributed by atoms with E-state index in [1.54, 1.807) is 49.4 Å². The summed E-state index contributed by atoms with van der Waals surface area (Å²) in [5.41, 5.74) is 19.5. The third-order valence-electron chi connectivity index (χ3n) is 4.36. The molecule has 6 N–H and O–H groups in total. The predicted octanol–water partition coefficient (Wildman–Crippen LogP) is 2.86. The van der Waals surface area contributed by atoms with Crippen LogP contribution in [0.2, 0.25) is 0 Å². The number of carbonyl (C=O) groups is 2. The van der Waals surface area contributed by atoms with Crippen LogP contribution < -0.4 is 21.9 Å². The number of nitrogens with two attached hydrogens (primary N) is 3. The summed E-state index contributed by atoms with van der Waals surface area (Å²) in [4.78, 5) is 31.5. The third kappa shape index (κ3) is 6.02. The van der Waals surface area contributed by atoms with Crippen molar-refractivity contribution >= 4 is 23.6 Å². The fourth-order valence-electron chi connectivity index (χ4n) is 2.96. The first kappa shape index (κ1) is 22.2. The number of benzene rings is 3. The van der Waals surface area contributed by atoms with Crippen molar-refractivity contribution in [3.63, 3.8) is 0 Å². The molecule has 0 spiro atoms. The highest BCUT2D eigenvalue weighted by atomic mass is 16.5. The molecule has 0 unspecified atom stereocenters. The Labute approximate surface area is 185 Å². The van der Waals surface area contributed by atoms with Crippen molar-refractivity contribution in [1.29, 1.82) is 0 Å². The van der Waals surface area contributed by atoms with E-state index in [0.717, 1.165) is 16.7 Å². The molecule has 0 radical (unpaired) electrons. The smallest absolute Gasteiger partial charge is 0.280 e.